The van der Waals surface area contributed by atoms with E-state index in [2.05, 4.69) is 24.5 Å². The van der Waals surface area contributed by atoms with Crippen LogP contribution in [-0.4, -0.2) is 30.7 Å². The minimum atomic E-state index is -0.288. The topological polar surface area (TPSA) is 50.4 Å². The number of ether oxygens (including phenoxy) is 1. The van der Waals surface area contributed by atoms with Crippen molar-refractivity contribution in [3.8, 4) is 0 Å². The van der Waals surface area contributed by atoms with E-state index in [0.29, 0.717) is 12.2 Å². The van der Waals surface area contributed by atoms with Gasteiger partial charge in [0.1, 0.15) is 0 Å². The van der Waals surface area contributed by atoms with E-state index in [1.807, 2.05) is 32.0 Å². The molecular weight excluding hydrogens is 264 g/mol. The molecule has 0 aromatic heterocycles. The molecule has 2 N–H and O–H groups in total. The van der Waals surface area contributed by atoms with E-state index in [1.165, 1.54) is 0 Å². The second-order valence-electron chi connectivity index (χ2n) is 6.11. The molecule has 1 saturated heterocycles. The molecule has 1 amide bonds. The molecule has 4 nitrogen and oxygen atoms in total. The Hall–Kier alpha value is -1.55. The normalized spacial score (nSPS) is 24.9. The monoisotopic (exact) mass is 290 g/mol. The van der Waals surface area contributed by atoms with E-state index in [0.717, 1.165) is 30.6 Å². The molecular formula is C17H26N2O2. The molecule has 2 unspecified atom stereocenters. The van der Waals surface area contributed by atoms with Crippen LogP contribution in [0.1, 0.15) is 49.5 Å². The highest BCUT2D eigenvalue weighted by Crippen LogP contribution is 2.26. The zero-order chi connectivity index (χ0) is 15.5. The van der Waals surface area contributed by atoms with Crippen molar-refractivity contribution in [2.75, 3.05) is 18.5 Å². The smallest absolute Gasteiger partial charge is 0.253 e. The molecule has 1 heterocycles. The first kappa shape index (κ1) is 15.8. The Balaban J connectivity index is 2.18. The third-order valence-corrected chi connectivity index (χ3v) is 4.27. The van der Waals surface area contributed by atoms with Crippen molar-refractivity contribution in [1.82, 2.24) is 5.32 Å². The molecule has 1 aromatic carbocycles. The first-order valence-corrected chi connectivity index (χ1v) is 7.75. The summed E-state index contributed by atoms with van der Waals surface area (Å²) < 4.78 is 5.59. The summed E-state index contributed by atoms with van der Waals surface area (Å²) in [5.41, 5.74) is 2.47. The van der Waals surface area contributed by atoms with Crippen LogP contribution < -0.4 is 10.6 Å². The number of rotatable bonds is 5. The molecule has 1 fully saturated rings. The number of carbonyl (C=O) groups is 1. The fourth-order valence-electron chi connectivity index (χ4n) is 2.59. The lowest BCUT2D eigenvalue weighted by atomic mass is 9.94. The van der Waals surface area contributed by atoms with Gasteiger partial charge < -0.3 is 15.4 Å². The predicted molar refractivity (Wildman–Crippen MR) is 85.9 cm³/mol. The zero-order valence-corrected chi connectivity index (χ0v) is 13.5. The Morgan fingerprint density at radius 2 is 2.24 bits per heavy atom. The highest BCUT2D eigenvalue weighted by Gasteiger charge is 2.38. The molecule has 1 aromatic rings. The number of carbonyl (C=O) groups excluding carboxylic acids is 1. The summed E-state index contributed by atoms with van der Waals surface area (Å²) in [6.07, 6.45) is 1.92. The zero-order valence-electron chi connectivity index (χ0n) is 13.5. The Kier molecular flexibility index (Phi) is 4.88. The number of hydrogen-bond donors (Lipinski definition) is 2. The largest absolute Gasteiger partial charge is 0.384 e. The van der Waals surface area contributed by atoms with E-state index < -0.39 is 0 Å². The summed E-state index contributed by atoms with van der Waals surface area (Å²) in [5, 5.41) is 6.49. The lowest BCUT2D eigenvalue weighted by Crippen LogP contribution is -2.50. The van der Waals surface area contributed by atoms with Gasteiger partial charge in [-0.25, -0.2) is 0 Å². The summed E-state index contributed by atoms with van der Waals surface area (Å²) in [7, 11) is 0. The van der Waals surface area contributed by atoms with Gasteiger partial charge in [-0.15, -0.1) is 0 Å². The van der Waals surface area contributed by atoms with E-state index >= 15 is 0 Å². The molecule has 0 aliphatic carbocycles. The minimum Gasteiger partial charge on any atom is -0.384 e. The molecule has 0 radical (unpaired) electrons. The molecule has 21 heavy (non-hydrogen) atoms. The van der Waals surface area contributed by atoms with Crippen LogP contribution in [0.15, 0.2) is 18.2 Å². The molecule has 0 saturated carbocycles. The van der Waals surface area contributed by atoms with Crippen molar-refractivity contribution in [3.63, 3.8) is 0 Å². The number of hydrogen-bond acceptors (Lipinski definition) is 3. The van der Waals surface area contributed by atoms with Crippen molar-refractivity contribution in [1.29, 1.82) is 0 Å². The predicted octanol–water partition coefficient (Wildman–Crippen LogP) is 3.11. The van der Waals surface area contributed by atoms with Crippen molar-refractivity contribution < 1.29 is 9.53 Å². The Morgan fingerprint density at radius 1 is 1.48 bits per heavy atom. The Morgan fingerprint density at radius 3 is 2.86 bits per heavy atom. The first-order valence-electron chi connectivity index (χ1n) is 7.75. The lowest BCUT2D eigenvalue weighted by Gasteiger charge is -2.29. The van der Waals surface area contributed by atoms with Gasteiger partial charge >= 0.3 is 0 Å². The SMILES string of the molecule is CCCNc1cc(C)ccc1C(=O)NC1(C)CCOC1C. The van der Waals surface area contributed by atoms with Crippen LogP contribution in [-0.2, 0) is 4.74 Å². The van der Waals surface area contributed by atoms with Gasteiger partial charge in [-0.2, -0.15) is 0 Å². The van der Waals surface area contributed by atoms with E-state index in [-0.39, 0.29) is 17.6 Å². The number of amides is 1. The van der Waals surface area contributed by atoms with Crippen LogP contribution in [0.3, 0.4) is 0 Å². The molecule has 0 bridgehead atoms. The van der Waals surface area contributed by atoms with Crippen molar-refractivity contribution in [2.45, 2.75) is 52.2 Å². The molecule has 2 rings (SSSR count). The number of benzene rings is 1. The molecule has 4 heteroatoms. The highest BCUT2D eigenvalue weighted by atomic mass is 16.5. The van der Waals surface area contributed by atoms with E-state index in [1.54, 1.807) is 0 Å². The maximum absolute atomic E-state index is 12.6. The summed E-state index contributed by atoms with van der Waals surface area (Å²) >= 11 is 0. The Bertz CT molecular complexity index is 516. The van der Waals surface area contributed by atoms with Gasteiger partial charge in [0.2, 0.25) is 0 Å². The third kappa shape index (κ3) is 3.56. The summed E-state index contributed by atoms with van der Waals surface area (Å²) in [4.78, 5) is 12.6. The van der Waals surface area contributed by atoms with E-state index in [4.69, 9.17) is 4.74 Å². The second kappa shape index (κ2) is 6.48. The van der Waals surface area contributed by atoms with Gasteiger partial charge in [0.25, 0.3) is 5.91 Å². The van der Waals surface area contributed by atoms with Crippen molar-refractivity contribution in [2.24, 2.45) is 0 Å². The Labute approximate surface area is 127 Å². The number of anilines is 1. The van der Waals surface area contributed by atoms with Crippen LogP contribution in [0.25, 0.3) is 0 Å². The van der Waals surface area contributed by atoms with Crippen LogP contribution in [0.4, 0.5) is 5.69 Å². The minimum absolute atomic E-state index is 0.0338. The van der Waals surface area contributed by atoms with Crippen molar-refractivity contribution >= 4 is 11.6 Å². The van der Waals surface area contributed by atoms with Gasteiger partial charge in [-0.05, 0) is 51.3 Å². The van der Waals surface area contributed by atoms with Crippen LogP contribution in [0.2, 0.25) is 0 Å². The highest BCUT2D eigenvalue weighted by molar-refractivity contribution is 6.00. The standard InChI is InChI=1S/C17H26N2O2/c1-5-9-18-15-11-12(2)6-7-14(15)16(20)19-17(4)8-10-21-13(17)3/h6-7,11,13,18H,5,8-10H2,1-4H3,(H,19,20). The van der Waals surface area contributed by atoms with Gasteiger partial charge in [0.05, 0.1) is 17.2 Å². The number of nitrogens with one attached hydrogen (secondary N) is 2. The average molecular weight is 290 g/mol. The maximum Gasteiger partial charge on any atom is 0.253 e. The van der Waals surface area contributed by atoms with Crippen molar-refractivity contribution in [3.05, 3.63) is 29.3 Å². The van der Waals surface area contributed by atoms with E-state index in [9.17, 15) is 4.79 Å². The van der Waals surface area contributed by atoms with Crippen LogP contribution in [0, 0.1) is 6.92 Å². The van der Waals surface area contributed by atoms with Gasteiger partial charge in [-0.3, -0.25) is 4.79 Å². The fourth-order valence-corrected chi connectivity index (χ4v) is 2.59. The van der Waals surface area contributed by atoms with Gasteiger partial charge in [0, 0.05) is 18.8 Å². The number of aryl methyl sites for hydroxylation is 1. The summed E-state index contributed by atoms with van der Waals surface area (Å²) in [6, 6.07) is 5.90. The quantitative estimate of drug-likeness (QED) is 0.876. The fraction of sp³-hybridized carbons (Fsp3) is 0.588. The van der Waals surface area contributed by atoms with Gasteiger partial charge in [-0.1, -0.05) is 13.0 Å². The van der Waals surface area contributed by atoms with Crippen LogP contribution in [0.5, 0.6) is 0 Å². The summed E-state index contributed by atoms with van der Waals surface area (Å²) in [5.74, 6) is -0.0338. The summed E-state index contributed by atoms with van der Waals surface area (Å²) in [6.45, 7) is 9.77. The molecule has 2 atom stereocenters. The molecule has 1 aliphatic heterocycles. The third-order valence-electron chi connectivity index (χ3n) is 4.27. The lowest BCUT2D eigenvalue weighted by molar-refractivity contribution is 0.0728. The molecule has 0 spiro atoms. The molecule has 116 valence electrons. The average Bonchev–Trinajstić information content (AvgIpc) is 2.76. The molecule has 1 aliphatic rings. The van der Waals surface area contributed by atoms with Crippen LogP contribution >= 0.6 is 0 Å². The first-order chi connectivity index (χ1) is 9.96. The second-order valence-corrected chi connectivity index (χ2v) is 6.11. The van der Waals surface area contributed by atoms with Gasteiger partial charge in [0.15, 0.2) is 0 Å². The maximum atomic E-state index is 12.6.